The van der Waals surface area contributed by atoms with Gasteiger partial charge in [-0.15, -0.1) is 0 Å². The lowest BCUT2D eigenvalue weighted by molar-refractivity contribution is -0.121. The molecule has 34 heavy (non-hydrogen) atoms. The van der Waals surface area contributed by atoms with Crippen molar-refractivity contribution in [2.45, 2.75) is 23.7 Å². The number of carbonyl (C=O) groups excluding carboxylic acids is 1. The van der Waals surface area contributed by atoms with Crippen LogP contribution in [-0.2, 0) is 26.0 Å². The average molecular weight is 479 g/mol. The van der Waals surface area contributed by atoms with Crippen LogP contribution in [0.25, 0.3) is 0 Å². The molecule has 0 aliphatic carbocycles. The molecule has 6 nitrogen and oxygen atoms in total. The van der Waals surface area contributed by atoms with Crippen LogP contribution in [0.2, 0.25) is 0 Å². The van der Waals surface area contributed by atoms with Crippen LogP contribution in [0.15, 0.2) is 89.8 Å². The van der Waals surface area contributed by atoms with E-state index in [0.717, 1.165) is 16.7 Å². The maximum absolute atomic E-state index is 12.8. The van der Waals surface area contributed by atoms with Crippen molar-refractivity contribution in [1.29, 1.82) is 0 Å². The molecule has 178 valence electrons. The first-order valence-corrected chi connectivity index (χ1v) is 13.0. The molecule has 1 fully saturated rings. The van der Waals surface area contributed by atoms with Crippen molar-refractivity contribution in [1.82, 2.24) is 9.62 Å². The summed E-state index contributed by atoms with van der Waals surface area (Å²) in [7, 11) is -3.50. The van der Waals surface area contributed by atoms with Crippen molar-refractivity contribution >= 4 is 15.9 Å². The van der Waals surface area contributed by atoms with Crippen LogP contribution < -0.4 is 5.32 Å². The summed E-state index contributed by atoms with van der Waals surface area (Å²) in [5, 5.41) is 3.02. The molecule has 1 heterocycles. The van der Waals surface area contributed by atoms with Crippen molar-refractivity contribution < 1.29 is 17.9 Å². The van der Waals surface area contributed by atoms with E-state index >= 15 is 0 Å². The van der Waals surface area contributed by atoms with Crippen molar-refractivity contribution in [2.75, 3.05) is 32.8 Å². The van der Waals surface area contributed by atoms with E-state index in [2.05, 4.69) is 29.6 Å². The van der Waals surface area contributed by atoms with Gasteiger partial charge in [0, 0.05) is 32.0 Å². The first-order valence-electron chi connectivity index (χ1n) is 11.6. The normalized spacial score (nSPS) is 14.7. The van der Waals surface area contributed by atoms with Gasteiger partial charge in [0.1, 0.15) is 0 Å². The highest BCUT2D eigenvalue weighted by atomic mass is 32.2. The number of sulfonamides is 1. The molecule has 0 bridgehead atoms. The lowest BCUT2D eigenvalue weighted by Crippen LogP contribution is -2.40. The molecule has 1 N–H and O–H groups in total. The number of benzene rings is 3. The second kappa shape index (κ2) is 11.4. The molecule has 0 saturated carbocycles. The van der Waals surface area contributed by atoms with E-state index in [1.165, 1.54) is 4.31 Å². The molecule has 0 aromatic heterocycles. The third-order valence-electron chi connectivity index (χ3n) is 6.06. The number of morpholine rings is 1. The summed E-state index contributed by atoms with van der Waals surface area (Å²) in [5.41, 5.74) is 3.20. The van der Waals surface area contributed by atoms with E-state index in [4.69, 9.17) is 4.74 Å². The standard InChI is InChI=1S/C27H30N2O4S/c30-27(21-26(23-7-3-1-4-8-23)24-9-5-2-6-10-24)28-16-15-22-11-13-25(14-12-22)34(31,32)29-17-19-33-20-18-29/h1-14,26H,15-21H2,(H,28,30). The predicted molar refractivity (Wildman–Crippen MR) is 132 cm³/mol. The maximum Gasteiger partial charge on any atom is 0.243 e. The largest absolute Gasteiger partial charge is 0.379 e. The zero-order valence-corrected chi connectivity index (χ0v) is 19.9. The highest BCUT2D eigenvalue weighted by Crippen LogP contribution is 2.27. The first kappa shape index (κ1) is 24.1. The Bertz CT molecular complexity index is 1120. The molecule has 0 unspecified atom stereocenters. The van der Waals surface area contributed by atoms with E-state index in [1.54, 1.807) is 12.1 Å². The molecular weight excluding hydrogens is 448 g/mol. The Labute approximate surface area is 201 Å². The number of nitrogens with one attached hydrogen (secondary N) is 1. The maximum atomic E-state index is 12.8. The van der Waals surface area contributed by atoms with Gasteiger partial charge < -0.3 is 10.1 Å². The SMILES string of the molecule is O=C(CC(c1ccccc1)c1ccccc1)NCCc1ccc(S(=O)(=O)N2CCOCC2)cc1. The van der Waals surface area contributed by atoms with Gasteiger partial charge in [-0.25, -0.2) is 8.42 Å². The smallest absolute Gasteiger partial charge is 0.243 e. The molecule has 0 atom stereocenters. The van der Waals surface area contributed by atoms with Crippen molar-refractivity contribution in [3.63, 3.8) is 0 Å². The molecule has 1 amide bonds. The first-order chi connectivity index (χ1) is 16.5. The van der Waals surface area contributed by atoms with Crippen LogP contribution >= 0.6 is 0 Å². The molecule has 1 aliphatic rings. The Balaban J connectivity index is 1.32. The zero-order valence-electron chi connectivity index (χ0n) is 19.1. The fraction of sp³-hybridized carbons (Fsp3) is 0.296. The third-order valence-corrected chi connectivity index (χ3v) is 7.97. The summed E-state index contributed by atoms with van der Waals surface area (Å²) in [6, 6.07) is 27.0. The predicted octanol–water partition coefficient (Wildman–Crippen LogP) is 3.59. The molecule has 4 rings (SSSR count). The van der Waals surface area contributed by atoms with Gasteiger partial charge in [0.15, 0.2) is 0 Å². The topological polar surface area (TPSA) is 75.7 Å². The van der Waals surface area contributed by atoms with Crippen molar-refractivity contribution in [3.8, 4) is 0 Å². The van der Waals surface area contributed by atoms with Crippen LogP contribution in [0, 0.1) is 0 Å². The average Bonchev–Trinajstić information content (AvgIpc) is 2.89. The third kappa shape index (κ3) is 6.11. The summed E-state index contributed by atoms with van der Waals surface area (Å²) in [5.74, 6) is -0.0173. The number of carbonyl (C=O) groups is 1. The number of amides is 1. The number of hydrogen-bond donors (Lipinski definition) is 1. The summed E-state index contributed by atoms with van der Waals surface area (Å²) in [4.78, 5) is 13.0. The van der Waals surface area contributed by atoms with Gasteiger partial charge in [0.05, 0.1) is 18.1 Å². The van der Waals surface area contributed by atoms with Crippen LogP contribution in [0.1, 0.15) is 29.0 Å². The molecule has 1 aliphatic heterocycles. The Morgan fingerprint density at radius 1 is 0.853 bits per heavy atom. The van der Waals surface area contributed by atoms with Crippen LogP contribution in [0.3, 0.4) is 0 Å². The summed E-state index contributed by atoms with van der Waals surface area (Å²) in [6.07, 6.45) is 0.996. The van der Waals surface area contributed by atoms with Gasteiger partial charge in [-0.1, -0.05) is 72.8 Å². The van der Waals surface area contributed by atoms with Crippen molar-refractivity contribution in [3.05, 3.63) is 102 Å². The minimum atomic E-state index is -3.50. The quantitative estimate of drug-likeness (QED) is 0.510. The summed E-state index contributed by atoms with van der Waals surface area (Å²) in [6.45, 7) is 2.09. The van der Waals surface area contributed by atoms with E-state index < -0.39 is 10.0 Å². The molecular formula is C27H30N2O4S. The monoisotopic (exact) mass is 478 g/mol. The van der Waals surface area contributed by atoms with Gasteiger partial charge in [-0.05, 0) is 35.2 Å². The van der Waals surface area contributed by atoms with E-state index in [9.17, 15) is 13.2 Å². The van der Waals surface area contributed by atoms with Crippen LogP contribution in [0.5, 0.6) is 0 Å². The van der Waals surface area contributed by atoms with Crippen LogP contribution in [-0.4, -0.2) is 51.5 Å². The lowest BCUT2D eigenvalue weighted by atomic mass is 9.88. The molecule has 0 radical (unpaired) electrons. The molecule has 0 spiro atoms. The molecule has 1 saturated heterocycles. The minimum Gasteiger partial charge on any atom is -0.379 e. The zero-order chi connectivity index (χ0) is 23.8. The Morgan fingerprint density at radius 3 is 1.97 bits per heavy atom. The Hall–Kier alpha value is -3.00. The molecule has 3 aromatic carbocycles. The molecule has 7 heteroatoms. The fourth-order valence-electron chi connectivity index (χ4n) is 4.17. The van der Waals surface area contributed by atoms with E-state index in [0.29, 0.717) is 45.7 Å². The van der Waals surface area contributed by atoms with Gasteiger partial charge in [-0.2, -0.15) is 4.31 Å². The van der Waals surface area contributed by atoms with Gasteiger partial charge in [-0.3, -0.25) is 4.79 Å². The van der Waals surface area contributed by atoms with E-state index in [-0.39, 0.29) is 16.7 Å². The van der Waals surface area contributed by atoms with E-state index in [1.807, 2.05) is 48.5 Å². The van der Waals surface area contributed by atoms with Gasteiger partial charge >= 0.3 is 0 Å². The minimum absolute atomic E-state index is 0.00734. The number of nitrogens with zero attached hydrogens (tertiary/aromatic N) is 1. The number of rotatable bonds is 9. The number of ether oxygens (including phenoxy) is 1. The Morgan fingerprint density at radius 2 is 1.41 bits per heavy atom. The van der Waals surface area contributed by atoms with Gasteiger partial charge in [0.2, 0.25) is 15.9 Å². The van der Waals surface area contributed by atoms with Crippen molar-refractivity contribution in [2.24, 2.45) is 0 Å². The second-order valence-corrected chi connectivity index (χ2v) is 10.3. The molecule has 3 aromatic rings. The highest BCUT2D eigenvalue weighted by Gasteiger charge is 2.26. The number of hydrogen-bond acceptors (Lipinski definition) is 4. The lowest BCUT2D eigenvalue weighted by Gasteiger charge is -2.26. The van der Waals surface area contributed by atoms with Crippen LogP contribution in [0.4, 0.5) is 0 Å². The summed E-state index contributed by atoms with van der Waals surface area (Å²) < 4.78 is 32.2. The summed E-state index contributed by atoms with van der Waals surface area (Å²) >= 11 is 0. The highest BCUT2D eigenvalue weighted by molar-refractivity contribution is 7.89. The van der Waals surface area contributed by atoms with Gasteiger partial charge in [0.25, 0.3) is 0 Å². The fourth-order valence-corrected chi connectivity index (χ4v) is 5.57. The Kier molecular flexibility index (Phi) is 8.11. The second-order valence-electron chi connectivity index (χ2n) is 8.34.